The highest BCUT2D eigenvalue weighted by Crippen LogP contribution is 2.26. The number of hydrogen-bond donors (Lipinski definition) is 2. The highest BCUT2D eigenvalue weighted by molar-refractivity contribution is 8.06. The third-order valence-corrected chi connectivity index (χ3v) is 7.61. The summed E-state index contributed by atoms with van der Waals surface area (Å²) < 4.78 is 40.5. The molecule has 0 amide bonds. The van der Waals surface area contributed by atoms with Crippen molar-refractivity contribution < 1.29 is 17.9 Å². The first-order chi connectivity index (χ1) is 9.94. The third-order valence-electron chi connectivity index (χ3n) is 2.94. The van der Waals surface area contributed by atoms with Crippen LogP contribution in [0.25, 0.3) is 0 Å². The topological polar surface area (TPSA) is 66.4 Å². The van der Waals surface area contributed by atoms with Crippen molar-refractivity contribution in [3.63, 3.8) is 0 Å². The van der Waals surface area contributed by atoms with Crippen LogP contribution in [0.2, 0.25) is 5.02 Å². The van der Waals surface area contributed by atoms with Gasteiger partial charge in [0.25, 0.3) is 0 Å². The summed E-state index contributed by atoms with van der Waals surface area (Å²) in [7, 11) is -3.81. The summed E-state index contributed by atoms with van der Waals surface area (Å²) in [5.41, 5.74) is 0.0552. The summed E-state index contributed by atoms with van der Waals surface area (Å²) >= 11 is 9.18. The van der Waals surface area contributed by atoms with E-state index in [-0.39, 0.29) is 20.7 Å². The highest BCUT2D eigenvalue weighted by atomic mass is 35.5. The van der Waals surface area contributed by atoms with Crippen LogP contribution in [-0.4, -0.2) is 42.6 Å². The lowest BCUT2D eigenvalue weighted by atomic mass is 10.2. The van der Waals surface area contributed by atoms with Crippen molar-refractivity contribution in [2.45, 2.75) is 16.8 Å². The van der Waals surface area contributed by atoms with E-state index >= 15 is 0 Å². The summed E-state index contributed by atoms with van der Waals surface area (Å²) in [4.78, 5) is -0.220. The Morgan fingerprint density at radius 2 is 2.19 bits per heavy atom. The van der Waals surface area contributed by atoms with Gasteiger partial charge in [0.1, 0.15) is 5.82 Å². The Kier molecular flexibility index (Phi) is 6.22. The lowest BCUT2D eigenvalue weighted by Gasteiger charge is -2.21. The Labute approximate surface area is 136 Å². The van der Waals surface area contributed by atoms with Gasteiger partial charge in [-0.3, -0.25) is 0 Å². The molecule has 2 N–H and O–H groups in total. The highest BCUT2D eigenvalue weighted by Gasteiger charge is 2.21. The summed E-state index contributed by atoms with van der Waals surface area (Å²) in [6.07, 6.45) is 0. The largest absolute Gasteiger partial charge is 0.392 e. The minimum absolute atomic E-state index is 0.0552. The van der Waals surface area contributed by atoms with Gasteiger partial charge < -0.3 is 5.11 Å². The molecule has 118 valence electrons. The monoisotopic (exact) mass is 371 g/mol. The Morgan fingerprint density at radius 3 is 2.81 bits per heavy atom. The lowest BCUT2D eigenvalue weighted by molar-refractivity contribution is 0.281. The second kappa shape index (κ2) is 7.52. The number of rotatable bonds is 5. The lowest BCUT2D eigenvalue weighted by Crippen LogP contribution is -2.33. The molecule has 0 spiro atoms. The molecule has 2 rings (SSSR count). The van der Waals surface area contributed by atoms with Crippen molar-refractivity contribution in [2.24, 2.45) is 0 Å². The van der Waals surface area contributed by atoms with Gasteiger partial charge in [-0.1, -0.05) is 11.6 Å². The molecule has 21 heavy (non-hydrogen) atoms. The van der Waals surface area contributed by atoms with Crippen LogP contribution >= 0.6 is 35.1 Å². The maximum absolute atomic E-state index is 13.6. The number of benzene rings is 1. The Morgan fingerprint density at radius 1 is 1.43 bits per heavy atom. The predicted octanol–water partition coefficient (Wildman–Crippen LogP) is 2.10. The van der Waals surface area contributed by atoms with Gasteiger partial charge in [0.2, 0.25) is 10.0 Å². The minimum atomic E-state index is -3.81. The van der Waals surface area contributed by atoms with Crippen molar-refractivity contribution in [3.8, 4) is 0 Å². The first kappa shape index (κ1) is 17.4. The molecule has 1 saturated heterocycles. The maximum Gasteiger partial charge on any atom is 0.240 e. The zero-order valence-electron chi connectivity index (χ0n) is 11.0. The van der Waals surface area contributed by atoms with Gasteiger partial charge in [-0.2, -0.15) is 23.5 Å². The molecule has 9 heteroatoms. The molecule has 0 bridgehead atoms. The summed E-state index contributed by atoms with van der Waals surface area (Å²) in [5.74, 6) is 2.12. The van der Waals surface area contributed by atoms with E-state index < -0.39 is 22.4 Å². The van der Waals surface area contributed by atoms with Gasteiger partial charge in [0, 0.05) is 34.6 Å². The van der Waals surface area contributed by atoms with E-state index in [1.54, 1.807) is 23.5 Å². The molecule has 1 aliphatic heterocycles. The SMILES string of the molecule is O=S(=O)(NCC1CSCCS1)c1cc(F)c(Cl)c(CO)c1. The van der Waals surface area contributed by atoms with Crippen molar-refractivity contribution in [3.05, 3.63) is 28.5 Å². The van der Waals surface area contributed by atoms with E-state index in [4.69, 9.17) is 16.7 Å². The Bertz CT molecular complexity index is 606. The fourth-order valence-corrected chi connectivity index (χ4v) is 5.86. The second-order valence-corrected chi connectivity index (χ2v) is 9.16. The molecule has 1 fully saturated rings. The maximum atomic E-state index is 13.6. The fraction of sp³-hybridized carbons (Fsp3) is 0.500. The molecule has 0 aliphatic carbocycles. The van der Waals surface area contributed by atoms with Crippen molar-refractivity contribution in [1.29, 1.82) is 0 Å². The van der Waals surface area contributed by atoms with E-state index in [2.05, 4.69) is 4.72 Å². The first-order valence-corrected chi connectivity index (χ1v) is 10.3. The van der Waals surface area contributed by atoms with E-state index in [1.807, 2.05) is 0 Å². The predicted molar refractivity (Wildman–Crippen MR) is 86.1 cm³/mol. The summed E-state index contributed by atoms with van der Waals surface area (Å²) in [6.45, 7) is -0.215. The van der Waals surface area contributed by atoms with E-state index in [0.29, 0.717) is 6.54 Å². The van der Waals surface area contributed by atoms with Gasteiger partial charge in [0.15, 0.2) is 0 Å². The number of sulfonamides is 1. The molecule has 1 heterocycles. The number of nitrogens with one attached hydrogen (secondary N) is 1. The molecule has 4 nitrogen and oxygen atoms in total. The van der Waals surface area contributed by atoms with E-state index in [1.165, 1.54) is 6.07 Å². The average Bonchev–Trinajstić information content (AvgIpc) is 2.49. The van der Waals surface area contributed by atoms with Crippen LogP contribution in [0.15, 0.2) is 17.0 Å². The van der Waals surface area contributed by atoms with Gasteiger partial charge in [-0.15, -0.1) is 0 Å². The standard InChI is InChI=1S/C12H15ClFNO3S3/c13-12-8(6-16)3-10(4-11(12)14)21(17,18)15-5-9-7-19-1-2-20-9/h3-4,9,15-16H,1-2,5-7H2. The molecule has 1 aromatic carbocycles. The normalized spacial score (nSPS) is 19.7. The quantitative estimate of drug-likeness (QED) is 0.829. The van der Waals surface area contributed by atoms with Gasteiger partial charge in [0.05, 0.1) is 16.5 Å². The molecular formula is C12H15ClFNO3S3. The zero-order valence-corrected chi connectivity index (χ0v) is 14.2. The molecule has 0 saturated carbocycles. The summed E-state index contributed by atoms with van der Waals surface area (Å²) in [6, 6.07) is 2.06. The Balaban J connectivity index is 2.13. The zero-order chi connectivity index (χ0) is 15.5. The van der Waals surface area contributed by atoms with Crippen LogP contribution in [0.3, 0.4) is 0 Å². The molecule has 1 aliphatic rings. The second-order valence-electron chi connectivity index (χ2n) is 4.46. The van der Waals surface area contributed by atoms with Crippen LogP contribution in [0.5, 0.6) is 0 Å². The van der Waals surface area contributed by atoms with Gasteiger partial charge >= 0.3 is 0 Å². The van der Waals surface area contributed by atoms with Crippen molar-refractivity contribution in [1.82, 2.24) is 4.72 Å². The average molecular weight is 372 g/mol. The van der Waals surface area contributed by atoms with Crippen molar-refractivity contribution in [2.75, 3.05) is 23.8 Å². The third kappa shape index (κ3) is 4.49. The molecule has 1 unspecified atom stereocenters. The molecule has 1 atom stereocenters. The van der Waals surface area contributed by atoms with Crippen LogP contribution in [0.4, 0.5) is 4.39 Å². The molecule has 0 radical (unpaired) electrons. The number of aliphatic hydroxyl groups excluding tert-OH is 1. The summed E-state index contributed by atoms with van der Waals surface area (Å²) in [5, 5.41) is 9.06. The van der Waals surface area contributed by atoms with Gasteiger partial charge in [-0.25, -0.2) is 17.5 Å². The molecule has 1 aromatic rings. The fourth-order valence-electron chi connectivity index (χ4n) is 1.83. The number of thioether (sulfide) groups is 2. The first-order valence-electron chi connectivity index (χ1n) is 6.22. The van der Waals surface area contributed by atoms with Crippen LogP contribution in [-0.2, 0) is 16.6 Å². The minimum Gasteiger partial charge on any atom is -0.392 e. The van der Waals surface area contributed by atoms with E-state index in [9.17, 15) is 12.8 Å². The van der Waals surface area contributed by atoms with Crippen LogP contribution in [0, 0.1) is 5.82 Å². The van der Waals surface area contributed by atoms with E-state index in [0.717, 1.165) is 23.3 Å². The smallest absolute Gasteiger partial charge is 0.240 e. The van der Waals surface area contributed by atoms with Gasteiger partial charge in [-0.05, 0) is 12.1 Å². The number of halogens is 2. The van der Waals surface area contributed by atoms with Crippen LogP contribution in [0.1, 0.15) is 5.56 Å². The number of aliphatic hydroxyl groups is 1. The molecule has 0 aromatic heterocycles. The Hall–Kier alpha value is 0.01000. The van der Waals surface area contributed by atoms with Crippen LogP contribution < -0.4 is 4.72 Å². The molecular weight excluding hydrogens is 357 g/mol. The number of hydrogen-bond acceptors (Lipinski definition) is 5. The van der Waals surface area contributed by atoms with Crippen molar-refractivity contribution >= 4 is 45.1 Å².